The molecule has 0 saturated carbocycles. The monoisotopic (exact) mass is 509 g/mol. The minimum absolute atomic E-state index is 0.139. The molecule has 0 amide bonds. The predicted molar refractivity (Wildman–Crippen MR) is 87.1 cm³/mol. The van der Waals surface area contributed by atoms with E-state index in [1.807, 2.05) is 0 Å². The molecule has 1 aliphatic heterocycles. The summed E-state index contributed by atoms with van der Waals surface area (Å²) in [7, 11) is 0. The Bertz CT molecular complexity index is 788. The van der Waals surface area contributed by atoms with Crippen LogP contribution in [0, 0.1) is 0 Å². The van der Waals surface area contributed by atoms with Crippen LogP contribution in [0.3, 0.4) is 0 Å². The Hall–Kier alpha value is -1.77. The number of benzene rings is 1. The Kier molecular flexibility index (Phi) is 7.31. The highest BCUT2D eigenvalue weighted by Gasteiger charge is 2.91. The van der Waals surface area contributed by atoms with Gasteiger partial charge in [-0.1, -0.05) is 30.3 Å². The molecule has 1 aromatic rings. The maximum absolute atomic E-state index is 14.9. The second kappa shape index (κ2) is 8.78. The molecule has 0 aromatic heterocycles. The second-order valence-corrected chi connectivity index (χ2v) is 7.27. The minimum atomic E-state index is -7.91. The van der Waals surface area contributed by atoms with Crippen molar-refractivity contribution in [3.63, 3.8) is 0 Å². The molecule has 1 saturated heterocycles. The Morgan fingerprint density at radius 2 is 1.12 bits per heavy atom. The fourth-order valence-electron chi connectivity index (χ4n) is 3.20. The van der Waals surface area contributed by atoms with Gasteiger partial charge < -0.3 is 4.74 Å². The summed E-state index contributed by atoms with van der Waals surface area (Å²) in [5.74, 6) is -37.0. The lowest BCUT2D eigenvalue weighted by molar-refractivity contribution is -0.443. The molecule has 2 nitrogen and oxygen atoms in total. The van der Waals surface area contributed by atoms with Gasteiger partial charge in [0.2, 0.25) is 0 Å². The minimum Gasteiger partial charge on any atom is -0.379 e. The van der Waals surface area contributed by atoms with Gasteiger partial charge >= 0.3 is 35.8 Å². The van der Waals surface area contributed by atoms with Crippen LogP contribution in [0.15, 0.2) is 30.3 Å². The van der Waals surface area contributed by atoms with Crippen LogP contribution < -0.4 is 0 Å². The molecule has 0 radical (unpaired) electrons. The highest BCUT2D eigenvalue weighted by molar-refractivity contribution is 5.19. The molecular weight excluding hydrogens is 493 g/mol. The molecule has 0 bridgehead atoms. The third-order valence-electron chi connectivity index (χ3n) is 5.13. The zero-order chi connectivity index (χ0) is 25.5. The summed E-state index contributed by atoms with van der Waals surface area (Å²) < 4.78 is 181. The van der Waals surface area contributed by atoms with Gasteiger partial charge in [0, 0.05) is 13.1 Å². The lowest BCUT2D eigenvalue weighted by atomic mass is 9.87. The number of ether oxygens (including phenoxy) is 1. The zero-order valence-electron chi connectivity index (χ0n) is 16.3. The summed E-state index contributed by atoms with van der Waals surface area (Å²) >= 11 is 0. The number of halogens is 13. The smallest absolute Gasteiger partial charge is 0.379 e. The van der Waals surface area contributed by atoms with Crippen molar-refractivity contribution in [2.45, 2.75) is 48.3 Å². The maximum atomic E-state index is 14.9. The first-order valence-corrected chi connectivity index (χ1v) is 9.14. The van der Waals surface area contributed by atoms with Crippen LogP contribution in [-0.4, -0.2) is 73.0 Å². The Labute approximate surface area is 178 Å². The number of alkyl halides is 13. The molecule has 1 fully saturated rings. The first-order valence-electron chi connectivity index (χ1n) is 9.14. The summed E-state index contributed by atoms with van der Waals surface area (Å²) in [6.45, 7) is -1.79. The van der Waals surface area contributed by atoms with Crippen LogP contribution in [0.25, 0.3) is 0 Å². The van der Waals surface area contributed by atoms with Gasteiger partial charge in [-0.15, -0.1) is 0 Å². The highest BCUT2D eigenvalue weighted by Crippen LogP contribution is 2.61. The van der Waals surface area contributed by atoms with E-state index in [1.165, 1.54) is 18.2 Å². The van der Waals surface area contributed by atoms with Gasteiger partial charge in [0.25, 0.3) is 0 Å². The molecule has 1 aliphatic rings. The number of morpholine rings is 1. The molecule has 190 valence electrons. The average molecular weight is 509 g/mol. The van der Waals surface area contributed by atoms with Gasteiger partial charge in [0.05, 0.1) is 19.3 Å². The third-order valence-corrected chi connectivity index (χ3v) is 5.13. The van der Waals surface area contributed by atoms with E-state index in [4.69, 9.17) is 4.74 Å². The Morgan fingerprint density at radius 1 is 0.667 bits per heavy atom. The van der Waals surface area contributed by atoms with E-state index in [-0.39, 0.29) is 18.8 Å². The molecule has 15 heteroatoms. The Morgan fingerprint density at radius 3 is 1.58 bits per heavy atom. The normalized spacial score (nSPS) is 18.9. The standard InChI is InChI=1S/C18H16F13NO/c19-13(20,12(32-6-8-33-9-7-32)10-11-4-2-1-3-5-11)14(21,22)15(23,24)16(25,26)17(27,28)18(29,30)31/h1-5,12H,6-10H2. The second-order valence-electron chi connectivity index (χ2n) is 7.27. The first kappa shape index (κ1) is 27.5. The van der Waals surface area contributed by atoms with Gasteiger partial charge in [-0.05, 0) is 12.0 Å². The molecule has 1 unspecified atom stereocenters. The van der Waals surface area contributed by atoms with Crippen LogP contribution in [-0.2, 0) is 11.2 Å². The highest BCUT2D eigenvalue weighted by atomic mass is 19.4. The molecule has 1 heterocycles. The lowest BCUT2D eigenvalue weighted by Gasteiger charge is -2.45. The molecule has 0 N–H and O–H groups in total. The largest absolute Gasteiger partial charge is 0.460 e. The van der Waals surface area contributed by atoms with E-state index in [0.717, 1.165) is 12.1 Å². The molecule has 0 aliphatic carbocycles. The van der Waals surface area contributed by atoms with Gasteiger partial charge in [-0.3, -0.25) is 4.90 Å². The third kappa shape index (κ3) is 4.49. The van der Waals surface area contributed by atoms with E-state index >= 15 is 0 Å². The van der Waals surface area contributed by atoms with Crippen molar-refractivity contribution in [3.8, 4) is 0 Å². The topological polar surface area (TPSA) is 12.5 Å². The molecule has 1 aromatic carbocycles. The van der Waals surface area contributed by atoms with E-state index in [1.54, 1.807) is 0 Å². The van der Waals surface area contributed by atoms with Gasteiger partial charge in [-0.25, -0.2) is 0 Å². The van der Waals surface area contributed by atoms with Gasteiger partial charge in [0.15, 0.2) is 0 Å². The summed E-state index contributed by atoms with van der Waals surface area (Å²) in [6, 6.07) is 3.16. The Balaban J connectivity index is 2.56. The van der Waals surface area contributed by atoms with Crippen molar-refractivity contribution >= 4 is 0 Å². The van der Waals surface area contributed by atoms with Crippen LogP contribution >= 0.6 is 0 Å². The lowest BCUT2D eigenvalue weighted by Crippen LogP contribution is -2.73. The number of nitrogens with zero attached hydrogens (tertiary/aromatic N) is 1. The quantitative estimate of drug-likeness (QED) is 0.419. The van der Waals surface area contributed by atoms with Crippen molar-refractivity contribution in [2.75, 3.05) is 26.3 Å². The molecule has 33 heavy (non-hydrogen) atoms. The molecular formula is C18H16F13NO. The zero-order valence-corrected chi connectivity index (χ0v) is 16.3. The van der Waals surface area contributed by atoms with Gasteiger partial charge in [0.1, 0.15) is 0 Å². The molecule has 1 atom stereocenters. The fourth-order valence-corrected chi connectivity index (χ4v) is 3.20. The number of hydrogen-bond donors (Lipinski definition) is 0. The first-order chi connectivity index (χ1) is 14.8. The van der Waals surface area contributed by atoms with Crippen LogP contribution in [0.2, 0.25) is 0 Å². The predicted octanol–water partition coefficient (Wildman–Crippen LogP) is 5.67. The number of rotatable bonds is 8. The fraction of sp³-hybridized carbons (Fsp3) is 0.667. The van der Waals surface area contributed by atoms with Crippen molar-refractivity contribution in [3.05, 3.63) is 35.9 Å². The van der Waals surface area contributed by atoms with Crippen LogP contribution in [0.5, 0.6) is 0 Å². The van der Waals surface area contributed by atoms with E-state index < -0.39 is 61.3 Å². The van der Waals surface area contributed by atoms with Crippen molar-refractivity contribution < 1.29 is 61.8 Å². The van der Waals surface area contributed by atoms with Crippen molar-refractivity contribution in [1.82, 2.24) is 4.90 Å². The summed E-state index contributed by atoms with van der Waals surface area (Å²) in [6.07, 6.45) is -8.57. The van der Waals surface area contributed by atoms with Crippen molar-refractivity contribution in [2.24, 2.45) is 0 Å². The van der Waals surface area contributed by atoms with Crippen molar-refractivity contribution in [1.29, 1.82) is 0 Å². The summed E-state index contributed by atoms with van der Waals surface area (Å²) in [4.78, 5) is 0.501. The average Bonchev–Trinajstić information content (AvgIpc) is 2.72. The summed E-state index contributed by atoms with van der Waals surface area (Å²) in [5.41, 5.74) is -0.139. The number of hydrogen-bond acceptors (Lipinski definition) is 2. The van der Waals surface area contributed by atoms with E-state index in [2.05, 4.69) is 0 Å². The van der Waals surface area contributed by atoms with Gasteiger partial charge in [-0.2, -0.15) is 57.1 Å². The van der Waals surface area contributed by atoms with E-state index in [9.17, 15) is 57.1 Å². The van der Waals surface area contributed by atoms with Crippen LogP contribution in [0.1, 0.15) is 5.56 Å². The van der Waals surface area contributed by atoms with Crippen LogP contribution in [0.4, 0.5) is 57.1 Å². The molecule has 2 rings (SSSR count). The summed E-state index contributed by atoms with van der Waals surface area (Å²) in [5, 5.41) is 0. The maximum Gasteiger partial charge on any atom is 0.460 e. The molecule has 0 spiro atoms. The SMILES string of the molecule is FC(F)(F)C(F)(F)C(F)(F)C(F)(F)C(F)(F)C(F)(F)C(Cc1ccccc1)N1CCOCC1. The van der Waals surface area contributed by atoms with E-state index in [0.29, 0.717) is 4.90 Å².